The molecule has 2 N–H and O–H groups in total. The van der Waals surface area contributed by atoms with Crippen LogP contribution in [0.5, 0.6) is 0 Å². The molecular formula is C12H11NO3. The first-order valence-electron chi connectivity index (χ1n) is 4.56. The van der Waals surface area contributed by atoms with Crippen molar-refractivity contribution < 1.29 is 14.7 Å². The van der Waals surface area contributed by atoms with Gasteiger partial charge in [-0.3, -0.25) is 4.79 Å². The fourth-order valence-corrected chi connectivity index (χ4v) is 1.03. The first-order valence-corrected chi connectivity index (χ1v) is 4.56. The van der Waals surface area contributed by atoms with Crippen LogP contribution < -0.4 is 5.32 Å². The van der Waals surface area contributed by atoms with Gasteiger partial charge in [-0.2, -0.15) is 0 Å². The van der Waals surface area contributed by atoms with E-state index in [2.05, 4.69) is 11.9 Å². The molecule has 0 saturated carbocycles. The summed E-state index contributed by atoms with van der Waals surface area (Å²) < 4.78 is 0. The average Bonchev–Trinajstić information content (AvgIpc) is 2.27. The third kappa shape index (κ3) is 3.79. The second-order valence-electron chi connectivity index (χ2n) is 2.99. The summed E-state index contributed by atoms with van der Waals surface area (Å²) in [5.74, 6) is -1.63. The number of hydrogen-bond acceptors (Lipinski definition) is 2. The minimum Gasteiger partial charge on any atom is -0.478 e. The number of rotatable bonds is 4. The predicted octanol–water partition coefficient (Wildman–Crippen LogP) is 1.91. The van der Waals surface area contributed by atoms with Gasteiger partial charge in [0.2, 0.25) is 5.91 Å². The fraction of sp³-hybridized carbons (Fsp3) is 0. The molecule has 82 valence electrons. The number of carbonyl (C=O) groups is 2. The lowest BCUT2D eigenvalue weighted by Crippen LogP contribution is -2.08. The number of carboxylic acid groups (broad SMARTS) is 1. The molecule has 4 nitrogen and oxygen atoms in total. The molecule has 1 aromatic rings. The Labute approximate surface area is 92.9 Å². The van der Waals surface area contributed by atoms with Gasteiger partial charge in [0.1, 0.15) is 0 Å². The van der Waals surface area contributed by atoms with Crippen LogP contribution in [0.2, 0.25) is 0 Å². The zero-order chi connectivity index (χ0) is 12.0. The van der Waals surface area contributed by atoms with E-state index in [9.17, 15) is 9.59 Å². The largest absolute Gasteiger partial charge is 0.478 e. The molecule has 0 heterocycles. The Morgan fingerprint density at radius 2 is 1.81 bits per heavy atom. The van der Waals surface area contributed by atoms with E-state index in [1.165, 1.54) is 0 Å². The molecule has 0 aliphatic heterocycles. The molecule has 0 atom stereocenters. The second-order valence-corrected chi connectivity index (χ2v) is 2.99. The van der Waals surface area contributed by atoms with E-state index < -0.39 is 11.9 Å². The molecular weight excluding hydrogens is 206 g/mol. The van der Waals surface area contributed by atoms with Gasteiger partial charge in [0.15, 0.2) is 0 Å². The van der Waals surface area contributed by atoms with E-state index in [0.717, 1.165) is 17.7 Å². The van der Waals surface area contributed by atoms with E-state index in [1.54, 1.807) is 30.3 Å². The van der Waals surface area contributed by atoms with Crippen LogP contribution in [0.15, 0.2) is 43.0 Å². The molecule has 1 aromatic carbocycles. The van der Waals surface area contributed by atoms with Gasteiger partial charge in [0.05, 0.1) is 0 Å². The molecule has 0 aliphatic carbocycles. The van der Waals surface area contributed by atoms with Gasteiger partial charge in [-0.1, -0.05) is 24.8 Å². The first-order chi connectivity index (χ1) is 7.61. The third-order valence-corrected chi connectivity index (χ3v) is 1.79. The summed E-state index contributed by atoms with van der Waals surface area (Å²) in [5.41, 5.74) is 1.55. The van der Waals surface area contributed by atoms with Gasteiger partial charge >= 0.3 is 5.97 Å². The van der Waals surface area contributed by atoms with Gasteiger partial charge < -0.3 is 10.4 Å². The van der Waals surface area contributed by atoms with Crippen LogP contribution in [0.1, 0.15) is 5.56 Å². The van der Waals surface area contributed by atoms with Crippen molar-refractivity contribution >= 4 is 23.6 Å². The number of anilines is 1. The quantitative estimate of drug-likeness (QED) is 0.757. The Morgan fingerprint density at radius 3 is 2.31 bits per heavy atom. The van der Waals surface area contributed by atoms with E-state index in [4.69, 9.17) is 5.11 Å². The number of nitrogens with one attached hydrogen (secondary N) is 1. The summed E-state index contributed by atoms with van der Waals surface area (Å²) in [6.45, 7) is 3.61. The van der Waals surface area contributed by atoms with Gasteiger partial charge in [0.25, 0.3) is 0 Å². The molecule has 0 spiro atoms. The molecule has 16 heavy (non-hydrogen) atoms. The number of carboxylic acids is 1. The van der Waals surface area contributed by atoms with Crippen LogP contribution in [0.25, 0.3) is 6.08 Å². The highest BCUT2D eigenvalue weighted by Gasteiger charge is 1.98. The normalized spacial score (nSPS) is 10.0. The number of aliphatic carboxylic acids is 1. The predicted molar refractivity (Wildman–Crippen MR) is 61.9 cm³/mol. The van der Waals surface area contributed by atoms with E-state index in [1.807, 2.05) is 0 Å². The summed E-state index contributed by atoms with van der Waals surface area (Å²) >= 11 is 0. The number of amides is 1. The lowest BCUT2D eigenvalue weighted by atomic mass is 10.2. The smallest absolute Gasteiger partial charge is 0.328 e. The standard InChI is InChI=1S/C12H11NO3/c1-2-9-3-5-10(6-4-9)13-11(14)7-8-12(15)16/h2-8H,1H2,(H,13,14)(H,15,16)/b8-7-. The first kappa shape index (κ1) is 11.7. The molecule has 0 saturated heterocycles. The van der Waals surface area contributed by atoms with Crippen molar-refractivity contribution in [2.24, 2.45) is 0 Å². The van der Waals surface area contributed by atoms with Crippen molar-refractivity contribution in [1.29, 1.82) is 0 Å². The zero-order valence-corrected chi connectivity index (χ0v) is 8.51. The van der Waals surface area contributed by atoms with Crippen molar-refractivity contribution in [3.63, 3.8) is 0 Å². The highest BCUT2D eigenvalue weighted by Crippen LogP contribution is 2.10. The summed E-state index contributed by atoms with van der Waals surface area (Å²) in [6, 6.07) is 7.01. The third-order valence-electron chi connectivity index (χ3n) is 1.79. The maximum atomic E-state index is 11.2. The van der Waals surface area contributed by atoms with E-state index in [-0.39, 0.29) is 0 Å². The number of hydrogen-bond donors (Lipinski definition) is 2. The van der Waals surface area contributed by atoms with Crippen molar-refractivity contribution in [3.05, 3.63) is 48.6 Å². The Kier molecular flexibility index (Phi) is 4.03. The molecule has 0 radical (unpaired) electrons. The van der Waals surface area contributed by atoms with Crippen LogP contribution in [0.4, 0.5) is 5.69 Å². The van der Waals surface area contributed by atoms with Crippen LogP contribution in [0, 0.1) is 0 Å². The summed E-state index contributed by atoms with van der Waals surface area (Å²) in [6.07, 6.45) is 3.44. The van der Waals surface area contributed by atoms with Crippen LogP contribution in [-0.4, -0.2) is 17.0 Å². The molecule has 0 fully saturated rings. The molecule has 4 heteroatoms. The number of carbonyl (C=O) groups excluding carboxylic acids is 1. The van der Waals surface area contributed by atoms with Crippen molar-refractivity contribution in [1.82, 2.24) is 0 Å². The minimum atomic E-state index is -1.16. The van der Waals surface area contributed by atoms with Crippen LogP contribution in [0.3, 0.4) is 0 Å². The average molecular weight is 217 g/mol. The molecule has 1 amide bonds. The monoisotopic (exact) mass is 217 g/mol. The lowest BCUT2D eigenvalue weighted by molar-refractivity contribution is -0.131. The Hall–Kier alpha value is -2.36. The van der Waals surface area contributed by atoms with Gasteiger partial charge in [-0.05, 0) is 17.7 Å². The Morgan fingerprint density at radius 1 is 1.19 bits per heavy atom. The van der Waals surface area contributed by atoms with E-state index in [0.29, 0.717) is 5.69 Å². The fourth-order valence-electron chi connectivity index (χ4n) is 1.03. The molecule has 0 aliphatic rings. The van der Waals surface area contributed by atoms with Gasteiger partial charge in [0, 0.05) is 17.8 Å². The lowest BCUT2D eigenvalue weighted by Gasteiger charge is -2.01. The van der Waals surface area contributed by atoms with Gasteiger partial charge in [-0.15, -0.1) is 0 Å². The zero-order valence-electron chi connectivity index (χ0n) is 8.51. The summed E-state index contributed by atoms with van der Waals surface area (Å²) in [5, 5.41) is 10.8. The SMILES string of the molecule is C=Cc1ccc(NC(=O)/C=C\C(=O)O)cc1. The second kappa shape index (κ2) is 5.50. The number of benzene rings is 1. The van der Waals surface area contributed by atoms with Crippen molar-refractivity contribution in [3.8, 4) is 0 Å². The van der Waals surface area contributed by atoms with Crippen LogP contribution >= 0.6 is 0 Å². The highest BCUT2D eigenvalue weighted by atomic mass is 16.4. The molecule has 0 aromatic heterocycles. The molecule has 0 bridgehead atoms. The minimum absolute atomic E-state index is 0.478. The van der Waals surface area contributed by atoms with Crippen molar-refractivity contribution in [2.45, 2.75) is 0 Å². The maximum Gasteiger partial charge on any atom is 0.328 e. The highest BCUT2D eigenvalue weighted by molar-refractivity contribution is 6.02. The summed E-state index contributed by atoms with van der Waals surface area (Å²) in [7, 11) is 0. The Bertz CT molecular complexity index is 432. The van der Waals surface area contributed by atoms with Crippen molar-refractivity contribution in [2.75, 3.05) is 5.32 Å². The summed E-state index contributed by atoms with van der Waals surface area (Å²) in [4.78, 5) is 21.4. The van der Waals surface area contributed by atoms with E-state index >= 15 is 0 Å². The Balaban J connectivity index is 2.62. The topological polar surface area (TPSA) is 66.4 Å². The van der Waals surface area contributed by atoms with Gasteiger partial charge in [-0.25, -0.2) is 4.79 Å². The van der Waals surface area contributed by atoms with Crippen LogP contribution in [-0.2, 0) is 9.59 Å². The molecule has 0 unspecified atom stereocenters. The maximum absolute atomic E-state index is 11.2. The molecule has 1 rings (SSSR count).